The largest absolute Gasteiger partial charge is 0.494 e. The Balaban J connectivity index is 1.97. The van der Waals surface area contributed by atoms with Crippen LogP contribution in [0, 0.1) is 0 Å². The highest BCUT2D eigenvalue weighted by atomic mass is 79.9. The fourth-order valence-corrected chi connectivity index (χ4v) is 3.92. The Kier molecular flexibility index (Phi) is 6.80. The summed E-state index contributed by atoms with van der Waals surface area (Å²) >= 11 is 3.28. The van der Waals surface area contributed by atoms with Crippen LogP contribution < -0.4 is 14.2 Å². The first-order valence-corrected chi connectivity index (χ1v) is 11.3. The average molecular weight is 516 g/mol. The molecule has 164 valence electrons. The molecule has 1 N–H and O–H groups in total. The molecule has 0 bridgehead atoms. The van der Waals surface area contributed by atoms with Crippen LogP contribution >= 0.6 is 15.9 Å². The molecule has 0 fully saturated rings. The number of sulfonamides is 1. The van der Waals surface area contributed by atoms with Gasteiger partial charge in [0.15, 0.2) is 5.75 Å². The molecule has 0 aliphatic heterocycles. The fraction of sp³-hybridized carbons (Fsp3) is 0.143. The summed E-state index contributed by atoms with van der Waals surface area (Å²) in [7, 11) is -4.19. The molecule has 5 nitrogen and oxygen atoms in total. The Bertz CT molecular complexity index is 1150. The number of hydrogen-bond acceptors (Lipinski definition) is 4. The van der Waals surface area contributed by atoms with Gasteiger partial charge in [0.25, 0.3) is 10.0 Å². The summed E-state index contributed by atoms with van der Waals surface area (Å²) in [6, 6.07) is 14.7. The molecule has 0 spiro atoms. The van der Waals surface area contributed by atoms with E-state index in [0.29, 0.717) is 24.2 Å². The van der Waals surface area contributed by atoms with Crippen molar-refractivity contribution in [3.05, 3.63) is 76.8 Å². The van der Waals surface area contributed by atoms with Gasteiger partial charge in [-0.1, -0.05) is 15.9 Å². The minimum absolute atomic E-state index is 0.0789. The van der Waals surface area contributed by atoms with Crippen molar-refractivity contribution in [1.29, 1.82) is 0 Å². The average Bonchev–Trinajstić information content (AvgIpc) is 2.70. The zero-order valence-corrected chi connectivity index (χ0v) is 18.5. The minimum Gasteiger partial charge on any atom is -0.494 e. The first-order valence-electron chi connectivity index (χ1n) is 8.99. The van der Waals surface area contributed by atoms with Crippen molar-refractivity contribution in [2.75, 3.05) is 11.3 Å². The van der Waals surface area contributed by atoms with E-state index < -0.39 is 21.8 Å². The molecule has 0 saturated carbocycles. The highest BCUT2D eigenvalue weighted by Crippen LogP contribution is 2.38. The highest BCUT2D eigenvalue weighted by Gasteiger charge is 2.32. The number of halogens is 4. The molecule has 3 rings (SSSR count). The molecule has 0 aliphatic carbocycles. The van der Waals surface area contributed by atoms with E-state index in [9.17, 15) is 21.6 Å². The van der Waals surface area contributed by atoms with Gasteiger partial charge in [-0.2, -0.15) is 13.2 Å². The number of hydrogen-bond donors (Lipinski definition) is 1. The van der Waals surface area contributed by atoms with Crippen molar-refractivity contribution < 1.29 is 31.1 Å². The van der Waals surface area contributed by atoms with Crippen LogP contribution in [-0.2, 0) is 16.2 Å². The second kappa shape index (κ2) is 9.19. The van der Waals surface area contributed by atoms with Crippen LogP contribution in [0.2, 0.25) is 0 Å². The minimum atomic E-state index is -4.66. The Labute approximate surface area is 186 Å². The maximum atomic E-state index is 13.2. The monoisotopic (exact) mass is 515 g/mol. The molecule has 0 atom stereocenters. The molecule has 0 amide bonds. The van der Waals surface area contributed by atoms with Crippen molar-refractivity contribution in [2.24, 2.45) is 0 Å². The van der Waals surface area contributed by atoms with Crippen molar-refractivity contribution >= 4 is 31.6 Å². The quantitative estimate of drug-likeness (QED) is 0.392. The summed E-state index contributed by atoms with van der Waals surface area (Å²) in [5, 5.41) is 0. The van der Waals surface area contributed by atoms with E-state index in [2.05, 4.69) is 20.7 Å². The summed E-state index contributed by atoms with van der Waals surface area (Å²) in [6.07, 6.45) is -4.66. The Morgan fingerprint density at radius 3 is 2.13 bits per heavy atom. The summed E-state index contributed by atoms with van der Waals surface area (Å²) in [5.41, 5.74) is -1.35. The lowest BCUT2D eigenvalue weighted by Gasteiger charge is -2.16. The zero-order valence-electron chi connectivity index (χ0n) is 16.1. The molecule has 10 heteroatoms. The van der Waals surface area contributed by atoms with Gasteiger partial charge in [-0.05, 0) is 73.7 Å². The third-order valence-corrected chi connectivity index (χ3v) is 5.95. The van der Waals surface area contributed by atoms with Gasteiger partial charge in [0.05, 0.1) is 22.8 Å². The number of ether oxygens (including phenoxy) is 2. The van der Waals surface area contributed by atoms with Crippen LogP contribution in [0.15, 0.2) is 76.1 Å². The molecule has 3 aromatic rings. The lowest BCUT2D eigenvalue weighted by Crippen LogP contribution is -2.15. The van der Waals surface area contributed by atoms with E-state index in [1.165, 1.54) is 24.3 Å². The standard InChI is InChI=1S/C21H17BrF3NO4S/c1-2-29-16-8-10-18(11-9-16)31(27,28)26-19-13-14(21(23,24)25)3-12-20(19)30-17-6-4-15(22)5-7-17/h3-13,26H,2H2,1H3. The van der Waals surface area contributed by atoms with Crippen molar-refractivity contribution in [3.8, 4) is 17.2 Å². The smallest absolute Gasteiger partial charge is 0.416 e. The molecular weight excluding hydrogens is 499 g/mol. The van der Waals surface area contributed by atoms with Gasteiger partial charge in [-0.15, -0.1) is 0 Å². The third-order valence-electron chi connectivity index (χ3n) is 4.04. The predicted molar refractivity (Wildman–Crippen MR) is 114 cm³/mol. The first-order chi connectivity index (χ1) is 14.6. The van der Waals surface area contributed by atoms with Crippen molar-refractivity contribution in [1.82, 2.24) is 0 Å². The lowest BCUT2D eigenvalue weighted by molar-refractivity contribution is -0.137. The van der Waals surface area contributed by atoms with Crippen LogP contribution in [-0.4, -0.2) is 15.0 Å². The molecule has 0 radical (unpaired) electrons. The van der Waals surface area contributed by atoms with E-state index >= 15 is 0 Å². The summed E-state index contributed by atoms with van der Waals surface area (Å²) in [4.78, 5) is -0.136. The first kappa shape index (κ1) is 23.0. The van der Waals surface area contributed by atoms with Crippen LogP contribution in [0.4, 0.5) is 18.9 Å². The molecule has 0 aliphatic rings. The summed E-state index contributed by atoms with van der Waals surface area (Å²) in [6.45, 7) is 2.19. The van der Waals surface area contributed by atoms with Crippen LogP contribution in [0.3, 0.4) is 0 Å². The van der Waals surface area contributed by atoms with Crippen molar-refractivity contribution in [2.45, 2.75) is 18.0 Å². The SMILES string of the molecule is CCOc1ccc(S(=O)(=O)Nc2cc(C(F)(F)F)ccc2Oc2ccc(Br)cc2)cc1. The van der Waals surface area contributed by atoms with Crippen molar-refractivity contribution in [3.63, 3.8) is 0 Å². The lowest BCUT2D eigenvalue weighted by atomic mass is 10.2. The number of rotatable bonds is 7. The van der Waals surface area contributed by atoms with Gasteiger partial charge >= 0.3 is 6.18 Å². The maximum Gasteiger partial charge on any atom is 0.416 e. The van der Waals surface area contributed by atoms with E-state index in [1.54, 1.807) is 31.2 Å². The normalized spacial score (nSPS) is 11.8. The summed E-state index contributed by atoms with van der Waals surface area (Å²) < 4.78 is 79.1. The number of anilines is 1. The van der Waals surface area contributed by atoms with Crippen LogP contribution in [0.1, 0.15) is 12.5 Å². The van der Waals surface area contributed by atoms with Gasteiger partial charge in [0.2, 0.25) is 0 Å². The zero-order chi connectivity index (χ0) is 22.6. The van der Waals surface area contributed by atoms with Crippen LogP contribution in [0.5, 0.6) is 17.2 Å². The maximum absolute atomic E-state index is 13.2. The molecule has 0 heterocycles. The predicted octanol–water partition coefficient (Wildman–Crippen LogP) is 6.46. The Hall–Kier alpha value is -2.72. The molecular formula is C21H17BrF3NO4S. The van der Waals surface area contributed by atoms with Gasteiger partial charge in [0, 0.05) is 4.47 Å². The second-order valence-corrected chi connectivity index (χ2v) is 8.87. The summed E-state index contributed by atoms with van der Waals surface area (Å²) in [5.74, 6) is 0.717. The van der Waals surface area contributed by atoms with E-state index in [0.717, 1.165) is 16.6 Å². The third kappa shape index (κ3) is 5.92. The van der Waals surface area contributed by atoms with E-state index in [1.807, 2.05) is 0 Å². The molecule has 3 aromatic carbocycles. The number of alkyl halides is 3. The molecule has 0 aromatic heterocycles. The second-order valence-electron chi connectivity index (χ2n) is 6.27. The molecule has 31 heavy (non-hydrogen) atoms. The highest BCUT2D eigenvalue weighted by molar-refractivity contribution is 9.10. The van der Waals surface area contributed by atoms with E-state index in [-0.39, 0.29) is 16.3 Å². The topological polar surface area (TPSA) is 64.6 Å². The van der Waals surface area contributed by atoms with Gasteiger partial charge in [-0.3, -0.25) is 4.72 Å². The van der Waals surface area contributed by atoms with Gasteiger partial charge in [-0.25, -0.2) is 8.42 Å². The fourth-order valence-electron chi connectivity index (χ4n) is 2.59. The molecule has 0 saturated heterocycles. The van der Waals surface area contributed by atoms with Gasteiger partial charge < -0.3 is 9.47 Å². The van der Waals surface area contributed by atoms with E-state index in [4.69, 9.17) is 9.47 Å². The Morgan fingerprint density at radius 1 is 0.935 bits per heavy atom. The molecule has 0 unspecified atom stereocenters. The van der Waals surface area contributed by atoms with Crippen LogP contribution in [0.25, 0.3) is 0 Å². The number of benzene rings is 3. The van der Waals surface area contributed by atoms with Gasteiger partial charge in [0.1, 0.15) is 11.5 Å². The Morgan fingerprint density at radius 2 is 1.55 bits per heavy atom. The number of nitrogens with one attached hydrogen (secondary N) is 1.